The van der Waals surface area contributed by atoms with Gasteiger partial charge in [0, 0.05) is 18.3 Å². The first-order valence-electron chi connectivity index (χ1n) is 4.67. The Labute approximate surface area is 92.2 Å². The molecule has 86 valence electrons. The fourth-order valence-corrected chi connectivity index (χ4v) is 2.49. The maximum absolute atomic E-state index is 10.6. The van der Waals surface area contributed by atoms with Crippen molar-refractivity contribution in [3.05, 3.63) is 23.5 Å². The minimum atomic E-state index is -4.45. The summed E-state index contributed by atoms with van der Waals surface area (Å²) in [6.45, 7) is 0.924. The lowest BCUT2D eigenvalue weighted by atomic mass is 10.1. The van der Waals surface area contributed by atoms with Crippen LogP contribution < -0.4 is 0 Å². The standard InChI is InChI=1S/C8H9N3O4S/c12-16(13,14)15-11-5-10-4-7(11)1-6-2-9-3-8(6)10/h1-3,7H,4-5H2,(H,12,13,14). The van der Waals surface area contributed by atoms with Crippen molar-refractivity contribution >= 4 is 16.6 Å². The van der Waals surface area contributed by atoms with Gasteiger partial charge in [0.25, 0.3) is 0 Å². The molecule has 0 aliphatic carbocycles. The molecule has 0 spiro atoms. The number of hydrogen-bond donors (Lipinski definition) is 1. The summed E-state index contributed by atoms with van der Waals surface area (Å²) in [6, 6.07) is -0.182. The summed E-state index contributed by atoms with van der Waals surface area (Å²) in [5, 5.41) is 1.23. The molecule has 8 heteroatoms. The quantitative estimate of drug-likeness (QED) is 0.660. The molecule has 0 aromatic heterocycles. The second-order valence-electron chi connectivity index (χ2n) is 3.77. The molecule has 0 saturated carbocycles. The largest absolute Gasteiger partial charge is 0.413 e. The molecule has 3 rings (SSSR count). The third-order valence-corrected chi connectivity index (χ3v) is 3.08. The Morgan fingerprint density at radius 1 is 1.56 bits per heavy atom. The van der Waals surface area contributed by atoms with E-state index in [9.17, 15) is 8.42 Å². The zero-order valence-corrected chi connectivity index (χ0v) is 8.96. The molecular weight excluding hydrogens is 234 g/mol. The first-order valence-corrected chi connectivity index (χ1v) is 6.03. The highest BCUT2D eigenvalue weighted by molar-refractivity contribution is 7.80. The Morgan fingerprint density at radius 2 is 2.38 bits per heavy atom. The highest BCUT2D eigenvalue weighted by Gasteiger charge is 2.39. The van der Waals surface area contributed by atoms with Crippen LogP contribution in [-0.4, -0.2) is 48.4 Å². The van der Waals surface area contributed by atoms with E-state index in [1.165, 1.54) is 5.06 Å². The molecule has 3 aliphatic heterocycles. The van der Waals surface area contributed by atoms with Crippen LogP contribution in [0.1, 0.15) is 0 Å². The van der Waals surface area contributed by atoms with Crippen LogP contribution in [0.25, 0.3) is 0 Å². The van der Waals surface area contributed by atoms with Gasteiger partial charge in [-0.05, 0) is 0 Å². The molecule has 7 nitrogen and oxygen atoms in total. The van der Waals surface area contributed by atoms with E-state index < -0.39 is 10.4 Å². The highest BCUT2D eigenvalue weighted by atomic mass is 32.3. The monoisotopic (exact) mass is 243 g/mol. The average molecular weight is 243 g/mol. The minimum absolute atomic E-state index is 0.182. The molecule has 0 amide bonds. The summed E-state index contributed by atoms with van der Waals surface area (Å²) in [7, 11) is -4.45. The van der Waals surface area contributed by atoms with Crippen LogP contribution >= 0.6 is 0 Å². The maximum Gasteiger partial charge on any atom is 0.413 e. The number of aliphatic imine (C=N–C) groups is 1. The van der Waals surface area contributed by atoms with Gasteiger partial charge in [-0.15, -0.1) is 5.06 Å². The van der Waals surface area contributed by atoms with Crippen molar-refractivity contribution in [1.82, 2.24) is 9.96 Å². The first-order chi connectivity index (χ1) is 7.53. The molecule has 3 heterocycles. The van der Waals surface area contributed by atoms with Crippen LogP contribution in [0.3, 0.4) is 0 Å². The Hall–Kier alpha value is -1.22. The van der Waals surface area contributed by atoms with Crippen LogP contribution in [0, 0.1) is 0 Å². The Balaban J connectivity index is 1.87. The number of nitrogens with zero attached hydrogens (tertiary/aromatic N) is 3. The van der Waals surface area contributed by atoms with Crippen molar-refractivity contribution in [2.45, 2.75) is 6.04 Å². The van der Waals surface area contributed by atoms with Gasteiger partial charge in [-0.3, -0.25) is 9.55 Å². The fourth-order valence-electron chi connectivity index (χ4n) is 2.09. The molecule has 1 fully saturated rings. The van der Waals surface area contributed by atoms with E-state index in [0.29, 0.717) is 13.2 Å². The van der Waals surface area contributed by atoms with Crippen LogP contribution in [0.2, 0.25) is 0 Å². The second-order valence-corrected chi connectivity index (χ2v) is 4.77. The number of rotatable bonds is 2. The summed E-state index contributed by atoms with van der Waals surface area (Å²) in [6.07, 6.45) is 5.31. The van der Waals surface area contributed by atoms with Gasteiger partial charge in [0.15, 0.2) is 0 Å². The van der Waals surface area contributed by atoms with Gasteiger partial charge < -0.3 is 4.90 Å². The van der Waals surface area contributed by atoms with Gasteiger partial charge in [-0.1, -0.05) is 6.08 Å². The van der Waals surface area contributed by atoms with Crippen molar-refractivity contribution < 1.29 is 17.3 Å². The number of allylic oxidation sites excluding steroid dienone is 1. The van der Waals surface area contributed by atoms with Crippen LogP contribution in [0.15, 0.2) is 28.5 Å². The van der Waals surface area contributed by atoms with Crippen molar-refractivity contribution in [3.63, 3.8) is 0 Å². The molecule has 2 bridgehead atoms. The molecule has 1 N–H and O–H groups in total. The Kier molecular flexibility index (Phi) is 1.96. The molecule has 1 saturated heterocycles. The van der Waals surface area contributed by atoms with E-state index in [4.69, 9.17) is 4.55 Å². The van der Waals surface area contributed by atoms with Gasteiger partial charge in [0.2, 0.25) is 0 Å². The minimum Gasteiger partial charge on any atom is -0.352 e. The third-order valence-electron chi connectivity index (χ3n) is 2.70. The highest BCUT2D eigenvalue weighted by Crippen LogP contribution is 2.31. The smallest absolute Gasteiger partial charge is 0.352 e. The lowest BCUT2D eigenvalue weighted by molar-refractivity contribution is -0.0655. The maximum atomic E-state index is 10.6. The first kappa shape index (κ1) is 9.97. The van der Waals surface area contributed by atoms with Crippen molar-refractivity contribution in [3.8, 4) is 0 Å². The predicted octanol–water partition coefficient (Wildman–Crippen LogP) is -0.470. The topological polar surface area (TPSA) is 82.4 Å². The molecule has 0 aromatic carbocycles. The van der Waals surface area contributed by atoms with Gasteiger partial charge in [-0.25, -0.2) is 0 Å². The summed E-state index contributed by atoms with van der Waals surface area (Å²) in [4.78, 5) is 5.96. The normalized spacial score (nSPS) is 28.1. The van der Waals surface area contributed by atoms with Gasteiger partial charge in [0.1, 0.15) is 0 Å². The average Bonchev–Trinajstić information content (AvgIpc) is 2.72. The van der Waals surface area contributed by atoms with Crippen molar-refractivity contribution in [2.75, 3.05) is 13.2 Å². The van der Waals surface area contributed by atoms with Gasteiger partial charge >= 0.3 is 10.4 Å². The van der Waals surface area contributed by atoms with E-state index in [1.807, 2.05) is 11.0 Å². The molecular formula is C8H9N3O4S. The molecule has 0 aromatic rings. The Morgan fingerprint density at radius 3 is 3.12 bits per heavy atom. The van der Waals surface area contributed by atoms with E-state index in [1.54, 1.807) is 12.4 Å². The zero-order valence-electron chi connectivity index (χ0n) is 8.15. The van der Waals surface area contributed by atoms with Crippen LogP contribution in [0.4, 0.5) is 0 Å². The van der Waals surface area contributed by atoms with Crippen molar-refractivity contribution in [2.24, 2.45) is 4.99 Å². The lowest BCUT2D eigenvalue weighted by Crippen LogP contribution is -2.32. The zero-order chi connectivity index (χ0) is 11.3. The summed E-state index contributed by atoms with van der Waals surface area (Å²) < 4.78 is 34.4. The molecule has 1 unspecified atom stereocenters. The summed E-state index contributed by atoms with van der Waals surface area (Å²) >= 11 is 0. The summed E-state index contributed by atoms with van der Waals surface area (Å²) in [5.41, 5.74) is 1.91. The Bertz CT molecular complexity index is 521. The van der Waals surface area contributed by atoms with Gasteiger partial charge in [0.05, 0.1) is 24.6 Å². The number of hydrogen-bond acceptors (Lipinski definition) is 6. The number of hydroxylamine groups is 2. The molecule has 3 aliphatic rings. The van der Waals surface area contributed by atoms with Crippen molar-refractivity contribution in [1.29, 1.82) is 0 Å². The molecule has 0 radical (unpaired) electrons. The van der Waals surface area contributed by atoms with Crippen LogP contribution in [-0.2, 0) is 14.7 Å². The van der Waals surface area contributed by atoms with E-state index in [2.05, 4.69) is 9.28 Å². The molecule has 16 heavy (non-hydrogen) atoms. The summed E-state index contributed by atoms with van der Waals surface area (Å²) in [5.74, 6) is 0. The van der Waals surface area contributed by atoms with Gasteiger partial charge in [-0.2, -0.15) is 12.7 Å². The SMILES string of the molecule is O=S(=O)(O)ON1CN2CC1C=C1C=NC=C12. The van der Waals surface area contributed by atoms with Crippen LogP contribution in [0.5, 0.6) is 0 Å². The fraction of sp³-hybridized carbons (Fsp3) is 0.375. The number of fused-ring (bicyclic) bond motifs is 4. The molecule has 1 atom stereocenters. The third kappa shape index (κ3) is 1.55. The second kappa shape index (κ2) is 3.14. The predicted molar refractivity (Wildman–Crippen MR) is 54.5 cm³/mol. The van der Waals surface area contributed by atoms with E-state index in [-0.39, 0.29) is 6.04 Å². The van der Waals surface area contributed by atoms with E-state index in [0.717, 1.165) is 11.3 Å². The van der Waals surface area contributed by atoms with E-state index >= 15 is 0 Å². The lowest BCUT2D eigenvalue weighted by Gasteiger charge is -2.21.